The fraction of sp³-hybridized carbons (Fsp3) is 0. The lowest BCUT2D eigenvalue weighted by Gasteiger charge is -2.16. The number of halogens is 3. The average molecular weight is 544 g/mol. The highest BCUT2D eigenvalue weighted by Gasteiger charge is 2.16. The summed E-state index contributed by atoms with van der Waals surface area (Å²) in [5.41, 5.74) is 6.60. The maximum atomic E-state index is 4.76. The second-order valence-electron chi connectivity index (χ2n) is 6.11. The summed E-state index contributed by atoms with van der Waals surface area (Å²) in [7, 11) is 0. The number of pyridine rings is 1. The summed E-state index contributed by atoms with van der Waals surface area (Å²) < 4.78 is 3.14. The van der Waals surface area contributed by atoms with E-state index in [1.807, 2.05) is 30.5 Å². The molecule has 1 aromatic heterocycles. The molecule has 0 unspecified atom stereocenters. The molecule has 132 valence electrons. The molecule has 0 amide bonds. The molecule has 4 rings (SSSR count). The van der Waals surface area contributed by atoms with Crippen molar-refractivity contribution >= 4 is 47.8 Å². The number of hydrogen-bond donors (Lipinski definition) is 0. The van der Waals surface area contributed by atoms with Crippen molar-refractivity contribution in [2.24, 2.45) is 0 Å². The number of aromatic nitrogens is 1. The van der Waals surface area contributed by atoms with Crippen LogP contribution >= 0.6 is 47.8 Å². The molecular formula is C23H14Br3N. The number of nitrogens with zero attached hydrogens (tertiary/aromatic N) is 1. The van der Waals surface area contributed by atoms with Crippen LogP contribution in [-0.2, 0) is 0 Å². The highest BCUT2D eigenvalue weighted by Crippen LogP contribution is 2.40. The lowest BCUT2D eigenvalue weighted by Crippen LogP contribution is -1.93. The van der Waals surface area contributed by atoms with Crippen LogP contribution < -0.4 is 0 Å². The van der Waals surface area contributed by atoms with Gasteiger partial charge in [-0.25, -0.2) is 0 Å². The van der Waals surface area contributed by atoms with E-state index in [1.54, 1.807) is 0 Å². The molecular weight excluding hydrogens is 530 g/mol. The van der Waals surface area contributed by atoms with Crippen LogP contribution in [0, 0.1) is 0 Å². The summed E-state index contributed by atoms with van der Waals surface area (Å²) in [6.45, 7) is 0. The second-order valence-corrected chi connectivity index (χ2v) is 8.86. The van der Waals surface area contributed by atoms with Crippen molar-refractivity contribution in [1.82, 2.24) is 4.98 Å². The zero-order valence-electron chi connectivity index (χ0n) is 14.2. The highest BCUT2D eigenvalue weighted by molar-refractivity contribution is 9.11. The van der Waals surface area contributed by atoms with Crippen molar-refractivity contribution in [3.05, 3.63) is 98.5 Å². The molecule has 4 heteroatoms. The quantitative estimate of drug-likeness (QED) is 0.253. The van der Waals surface area contributed by atoms with Gasteiger partial charge in [-0.3, -0.25) is 4.98 Å². The maximum Gasteiger partial charge on any atom is 0.0786 e. The molecule has 1 nitrogen and oxygen atoms in total. The first-order valence-corrected chi connectivity index (χ1v) is 10.8. The predicted octanol–water partition coefficient (Wildman–Crippen LogP) is 8.37. The summed E-state index contributed by atoms with van der Waals surface area (Å²) in [4.78, 5) is 4.76. The van der Waals surface area contributed by atoms with Gasteiger partial charge in [-0.2, -0.15) is 0 Å². The van der Waals surface area contributed by atoms with E-state index in [0.717, 1.165) is 46.9 Å². The summed E-state index contributed by atoms with van der Waals surface area (Å²) in [6.07, 6.45) is 1.88. The molecule has 0 saturated carbocycles. The van der Waals surface area contributed by atoms with E-state index < -0.39 is 0 Å². The molecule has 0 fully saturated rings. The summed E-state index contributed by atoms with van der Waals surface area (Å²) in [6, 6.07) is 27.1. The van der Waals surface area contributed by atoms with E-state index in [-0.39, 0.29) is 0 Å². The Bertz CT molecular complexity index is 1060. The zero-order valence-corrected chi connectivity index (χ0v) is 18.9. The van der Waals surface area contributed by atoms with Crippen LogP contribution in [0.3, 0.4) is 0 Å². The lowest BCUT2D eigenvalue weighted by atomic mass is 9.91. The lowest BCUT2D eigenvalue weighted by molar-refractivity contribution is 1.32. The van der Waals surface area contributed by atoms with Gasteiger partial charge >= 0.3 is 0 Å². The van der Waals surface area contributed by atoms with E-state index in [1.165, 1.54) is 0 Å². The number of rotatable bonds is 3. The van der Waals surface area contributed by atoms with Crippen LogP contribution in [0.25, 0.3) is 33.5 Å². The Morgan fingerprint density at radius 3 is 1.70 bits per heavy atom. The van der Waals surface area contributed by atoms with E-state index in [4.69, 9.17) is 4.98 Å². The molecule has 0 aliphatic heterocycles. The molecule has 3 aromatic carbocycles. The number of benzene rings is 3. The molecule has 0 radical (unpaired) electrons. The van der Waals surface area contributed by atoms with E-state index in [9.17, 15) is 0 Å². The van der Waals surface area contributed by atoms with Gasteiger partial charge in [0.15, 0.2) is 0 Å². The van der Waals surface area contributed by atoms with Gasteiger partial charge in [0.05, 0.1) is 5.69 Å². The topological polar surface area (TPSA) is 12.9 Å². The minimum atomic E-state index is 0.965. The Labute approximate surface area is 183 Å². The molecule has 0 spiro atoms. The average Bonchev–Trinajstić information content (AvgIpc) is 2.67. The van der Waals surface area contributed by atoms with Crippen molar-refractivity contribution in [3.63, 3.8) is 0 Å². The van der Waals surface area contributed by atoms with Gasteiger partial charge in [-0.05, 0) is 59.2 Å². The minimum absolute atomic E-state index is 0.965. The van der Waals surface area contributed by atoms with E-state index >= 15 is 0 Å². The molecule has 1 heterocycles. The first-order valence-electron chi connectivity index (χ1n) is 8.38. The van der Waals surface area contributed by atoms with Gasteiger partial charge < -0.3 is 0 Å². The monoisotopic (exact) mass is 541 g/mol. The third-order valence-corrected chi connectivity index (χ3v) is 5.78. The SMILES string of the molecule is Brc1cccc(-c2ccnc(-c3cccc(Br)c3)c2-c2cccc(Br)c2)c1. The molecule has 0 bridgehead atoms. The third-order valence-electron chi connectivity index (χ3n) is 4.30. The van der Waals surface area contributed by atoms with Crippen molar-refractivity contribution in [2.75, 3.05) is 0 Å². The predicted molar refractivity (Wildman–Crippen MR) is 124 cm³/mol. The van der Waals surface area contributed by atoms with Crippen molar-refractivity contribution in [3.8, 4) is 33.5 Å². The van der Waals surface area contributed by atoms with Gasteiger partial charge in [0.1, 0.15) is 0 Å². The Morgan fingerprint density at radius 2 is 1.07 bits per heavy atom. The minimum Gasteiger partial charge on any atom is -0.256 e. The largest absolute Gasteiger partial charge is 0.256 e. The first-order chi connectivity index (χ1) is 13.1. The van der Waals surface area contributed by atoms with Gasteiger partial charge in [-0.1, -0.05) is 84.2 Å². The summed E-state index contributed by atoms with van der Waals surface area (Å²) in [5.74, 6) is 0. The first kappa shape index (κ1) is 18.6. The van der Waals surface area contributed by atoms with Gasteiger partial charge in [0.25, 0.3) is 0 Å². The Hall–Kier alpha value is -1.75. The Balaban J connectivity index is 2.04. The fourth-order valence-electron chi connectivity index (χ4n) is 3.15. The molecule has 27 heavy (non-hydrogen) atoms. The standard InChI is InChI=1S/C23H14Br3N/c24-18-7-1-4-15(12-18)21-10-11-27-23(17-6-3-9-20(26)14-17)22(21)16-5-2-8-19(25)13-16/h1-14H. The molecule has 0 aliphatic carbocycles. The maximum absolute atomic E-state index is 4.76. The van der Waals surface area contributed by atoms with Gasteiger partial charge in [0, 0.05) is 30.7 Å². The molecule has 0 atom stereocenters. The van der Waals surface area contributed by atoms with E-state index in [0.29, 0.717) is 0 Å². The van der Waals surface area contributed by atoms with Crippen LogP contribution in [-0.4, -0.2) is 4.98 Å². The van der Waals surface area contributed by atoms with Crippen LogP contribution in [0.1, 0.15) is 0 Å². The van der Waals surface area contributed by atoms with Crippen molar-refractivity contribution in [2.45, 2.75) is 0 Å². The molecule has 4 aromatic rings. The van der Waals surface area contributed by atoms with Gasteiger partial charge in [0.2, 0.25) is 0 Å². The van der Waals surface area contributed by atoms with Crippen LogP contribution in [0.2, 0.25) is 0 Å². The highest BCUT2D eigenvalue weighted by atomic mass is 79.9. The molecule has 0 saturated heterocycles. The normalized spacial score (nSPS) is 10.8. The Kier molecular flexibility index (Phi) is 5.58. The smallest absolute Gasteiger partial charge is 0.0786 e. The van der Waals surface area contributed by atoms with Crippen molar-refractivity contribution < 1.29 is 0 Å². The van der Waals surface area contributed by atoms with E-state index in [2.05, 4.69) is 102 Å². The fourth-order valence-corrected chi connectivity index (χ4v) is 4.35. The summed E-state index contributed by atoms with van der Waals surface area (Å²) in [5, 5.41) is 0. The molecule has 0 N–H and O–H groups in total. The van der Waals surface area contributed by atoms with Crippen LogP contribution in [0.15, 0.2) is 98.5 Å². The van der Waals surface area contributed by atoms with Gasteiger partial charge in [-0.15, -0.1) is 0 Å². The number of hydrogen-bond acceptors (Lipinski definition) is 1. The Morgan fingerprint density at radius 1 is 0.556 bits per heavy atom. The van der Waals surface area contributed by atoms with Crippen molar-refractivity contribution in [1.29, 1.82) is 0 Å². The summed E-state index contributed by atoms with van der Waals surface area (Å²) >= 11 is 10.8. The van der Waals surface area contributed by atoms with Crippen LogP contribution in [0.5, 0.6) is 0 Å². The molecule has 0 aliphatic rings. The zero-order chi connectivity index (χ0) is 18.8. The third kappa shape index (κ3) is 4.08. The van der Waals surface area contributed by atoms with Crippen LogP contribution in [0.4, 0.5) is 0 Å². The second kappa shape index (κ2) is 8.09.